The van der Waals surface area contributed by atoms with Gasteiger partial charge in [0.2, 0.25) is 5.82 Å². The van der Waals surface area contributed by atoms with Gasteiger partial charge in [0.05, 0.1) is 17.9 Å². The second-order valence-electron chi connectivity index (χ2n) is 3.46. The number of hydrogen-bond acceptors (Lipinski definition) is 4. The SMILES string of the molecule is C#CCNc1nc2c(F)c(F)c(OCC)c(F)c2s1. The van der Waals surface area contributed by atoms with Crippen LogP contribution in [0.5, 0.6) is 5.75 Å². The Bertz CT molecular complexity index is 663. The van der Waals surface area contributed by atoms with E-state index in [0.29, 0.717) is 0 Å². The van der Waals surface area contributed by atoms with Gasteiger partial charge in [-0.15, -0.1) is 6.42 Å². The highest BCUT2D eigenvalue weighted by molar-refractivity contribution is 7.22. The molecule has 0 amide bonds. The van der Waals surface area contributed by atoms with Gasteiger partial charge in [0.1, 0.15) is 5.52 Å². The van der Waals surface area contributed by atoms with E-state index in [2.05, 4.69) is 16.2 Å². The van der Waals surface area contributed by atoms with E-state index in [0.717, 1.165) is 11.3 Å². The molecule has 0 radical (unpaired) electrons. The molecule has 0 fully saturated rings. The molecular weight excluding hydrogens is 277 g/mol. The molecule has 19 heavy (non-hydrogen) atoms. The topological polar surface area (TPSA) is 34.2 Å². The number of thiazole rings is 1. The summed E-state index contributed by atoms with van der Waals surface area (Å²) < 4.78 is 46.0. The summed E-state index contributed by atoms with van der Waals surface area (Å²) in [6.07, 6.45) is 5.05. The molecule has 0 spiro atoms. The molecule has 1 aromatic carbocycles. The van der Waals surface area contributed by atoms with Crippen molar-refractivity contribution in [1.29, 1.82) is 0 Å². The lowest BCUT2D eigenvalue weighted by Gasteiger charge is -2.06. The standard InChI is InChI=1S/C12H9F3N2OS/c1-3-5-16-12-17-9-6(13)7(14)10(18-4-2)8(15)11(9)19-12/h1H,4-5H2,2H3,(H,16,17). The van der Waals surface area contributed by atoms with E-state index in [1.807, 2.05) is 0 Å². The van der Waals surface area contributed by atoms with Gasteiger partial charge in [-0.2, -0.15) is 4.39 Å². The van der Waals surface area contributed by atoms with Crippen LogP contribution in [0.4, 0.5) is 18.3 Å². The molecule has 1 aromatic heterocycles. The third-order valence-electron chi connectivity index (χ3n) is 2.26. The monoisotopic (exact) mass is 286 g/mol. The fourth-order valence-corrected chi connectivity index (χ4v) is 2.38. The minimum atomic E-state index is -1.37. The van der Waals surface area contributed by atoms with Gasteiger partial charge < -0.3 is 10.1 Å². The van der Waals surface area contributed by atoms with Gasteiger partial charge in [0, 0.05) is 0 Å². The summed E-state index contributed by atoms with van der Waals surface area (Å²) in [7, 11) is 0. The number of benzene rings is 1. The van der Waals surface area contributed by atoms with Crippen LogP contribution in [0.2, 0.25) is 0 Å². The number of hydrogen-bond donors (Lipinski definition) is 1. The summed E-state index contributed by atoms with van der Waals surface area (Å²) in [5.41, 5.74) is -0.372. The van der Waals surface area contributed by atoms with Gasteiger partial charge in [-0.25, -0.2) is 13.8 Å². The number of fused-ring (bicyclic) bond motifs is 1. The number of aromatic nitrogens is 1. The quantitative estimate of drug-likeness (QED) is 0.692. The minimum Gasteiger partial charge on any atom is -0.488 e. The van der Waals surface area contributed by atoms with E-state index in [-0.39, 0.29) is 28.5 Å². The Labute approximate surface area is 111 Å². The highest BCUT2D eigenvalue weighted by Crippen LogP contribution is 2.37. The van der Waals surface area contributed by atoms with E-state index >= 15 is 0 Å². The lowest BCUT2D eigenvalue weighted by molar-refractivity contribution is 0.298. The maximum atomic E-state index is 14.0. The van der Waals surface area contributed by atoms with Gasteiger partial charge in [-0.1, -0.05) is 17.3 Å². The summed E-state index contributed by atoms with van der Waals surface area (Å²) >= 11 is 0.847. The summed E-state index contributed by atoms with van der Waals surface area (Å²) in [6, 6.07) is 0. The van der Waals surface area contributed by atoms with Gasteiger partial charge in [0.25, 0.3) is 0 Å². The average molecular weight is 286 g/mol. The Hall–Kier alpha value is -1.94. The molecule has 3 nitrogen and oxygen atoms in total. The number of rotatable bonds is 4. The number of ether oxygens (including phenoxy) is 1. The van der Waals surface area contributed by atoms with E-state index in [4.69, 9.17) is 11.2 Å². The molecule has 7 heteroatoms. The lowest BCUT2D eigenvalue weighted by atomic mass is 10.2. The van der Waals surface area contributed by atoms with Gasteiger partial charge in [-0.3, -0.25) is 0 Å². The van der Waals surface area contributed by atoms with Gasteiger partial charge in [0.15, 0.2) is 22.5 Å². The molecule has 1 N–H and O–H groups in total. The van der Waals surface area contributed by atoms with Crippen molar-refractivity contribution >= 4 is 26.7 Å². The molecule has 0 bridgehead atoms. The second kappa shape index (κ2) is 5.36. The molecule has 0 aliphatic heterocycles. The Morgan fingerprint density at radius 3 is 2.68 bits per heavy atom. The van der Waals surface area contributed by atoms with Crippen molar-refractivity contribution in [1.82, 2.24) is 4.98 Å². The molecule has 0 atom stereocenters. The first-order valence-electron chi connectivity index (χ1n) is 5.37. The lowest BCUT2D eigenvalue weighted by Crippen LogP contribution is -2.01. The molecule has 0 aliphatic carbocycles. The van der Waals surface area contributed by atoms with E-state index < -0.39 is 23.2 Å². The fraction of sp³-hybridized carbons (Fsp3) is 0.250. The van der Waals surface area contributed by atoms with Crippen molar-refractivity contribution in [2.24, 2.45) is 0 Å². The van der Waals surface area contributed by atoms with Gasteiger partial charge >= 0.3 is 0 Å². The third-order valence-corrected chi connectivity index (χ3v) is 3.26. The summed E-state index contributed by atoms with van der Waals surface area (Å²) in [5, 5.41) is 2.90. The van der Waals surface area contributed by atoms with Crippen molar-refractivity contribution in [3.8, 4) is 18.1 Å². The van der Waals surface area contributed by atoms with Crippen molar-refractivity contribution in [2.75, 3.05) is 18.5 Å². The van der Waals surface area contributed by atoms with Crippen LogP contribution < -0.4 is 10.1 Å². The van der Waals surface area contributed by atoms with Crippen molar-refractivity contribution < 1.29 is 17.9 Å². The van der Waals surface area contributed by atoms with Crippen LogP contribution in [0.15, 0.2) is 0 Å². The van der Waals surface area contributed by atoms with E-state index in [9.17, 15) is 13.2 Å². The summed E-state index contributed by atoms with van der Waals surface area (Å²) in [5.74, 6) is -1.98. The number of anilines is 1. The first-order valence-corrected chi connectivity index (χ1v) is 6.18. The zero-order valence-corrected chi connectivity index (χ0v) is 10.7. The van der Waals surface area contributed by atoms with Crippen LogP contribution in [0.25, 0.3) is 10.2 Å². The van der Waals surface area contributed by atoms with Crippen LogP contribution in [-0.4, -0.2) is 18.1 Å². The minimum absolute atomic E-state index is 0.0276. The van der Waals surface area contributed by atoms with Gasteiger partial charge in [-0.05, 0) is 6.92 Å². The molecule has 0 unspecified atom stereocenters. The Kier molecular flexibility index (Phi) is 3.81. The molecule has 2 aromatic rings. The van der Waals surface area contributed by atoms with Crippen LogP contribution in [0.3, 0.4) is 0 Å². The number of terminal acetylenes is 1. The first-order chi connectivity index (χ1) is 9.10. The predicted octanol–water partition coefficient (Wildman–Crippen LogP) is 3.16. The summed E-state index contributed by atoms with van der Waals surface area (Å²) in [6.45, 7) is 1.73. The molecule has 2 rings (SSSR count). The maximum absolute atomic E-state index is 14.0. The summed E-state index contributed by atoms with van der Waals surface area (Å²) in [4.78, 5) is 3.77. The molecule has 0 saturated heterocycles. The van der Waals surface area contributed by atoms with Crippen molar-refractivity contribution in [3.63, 3.8) is 0 Å². The van der Waals surface area contributed by atoms with Crippen molar-refractivity contribution in [2.45, 2.75) is 6.92 Å². The smallest absolute Gasteiger partial charge is 0.206 e. The zero-order valence-electron chi connectivity index (χ0n) is 9.89. The third kappa shape index (κ3) is 2.31. The van der Waals surface area contributed by atoms with E-state index in [1.54, 1.807) is 6.92 Å². The van der Waals surface area contributed by atoms with E-state index in [1.165, 1.54) is 0 Å². The number of nitrogens with zero attached hydrogens (tertiary/aromatic N) is 1. The van der Waals surface area contributed by atoms with Crippen LogP contribution in [0, 0.1) is 29.8 Å². The highest BCUT2D eigenvalue weighted by atomic mass is 32.1. The second-order valence-corrected chi connectivity index (χ2v) is 4.46. The Morgan fingerprint density at radius 2 is 2.05 bits per heavy atom. The highest BCUT2D eigenvalue weighted by Gasteiger charge is 2.24. The Balaban J connectivity index is 2.61. The molecule has 0 saturated carbocycles. The first kappa shape index (κ1) is 13.5. The molecular formula is C12H9F3N2OS. The molecule has 1 heterocycles. The Morgan fingerprint density at radius 1 is 1.32 bits per heavy atom. The predicted molar refractivity (Wildman–Crippen MR) is 68.0 cm³/mol. The van der Waals surface area contributed by atoms with Crippen LogP contribution >= 0.6 is 11.3 Å². The fourth-order valence-electron chi connectivity index (χ4n) is 1.49. The molecule has 100 valence electrons. The number of nitrogens with one attached hydrogen (secondary N) is 1. The molecule has 0 aliphatic rings. The normalized spacial score (nSPS) is 10.5. The largest absolute Gasteiger partial charge is 0.488 e. The maximum Gasteiger partial charge on any atom is 0.206 e. The number of halogens is 3. The van der Waals surface area contributed by atoms with Crippen LogP contribution in [0.1, 0.15) is 6.92 Å². The van der Waals surface area contributed by atoms with Crippen molar-refractivity contribution in [3.05, 3.63) is 17.5 Å². The zero-order chi connectivity index (χ0) is 14.0. The average Bonchev–Trinajstić information content (AvgIpc) is 2.83. The van der Waals surface area contributed by atoms with Crippen LogP contribution in [-0.2, 0) is 0 Å².